The zero-order valence-electron chi connectivity index (χ0n) is 26.3. The quantitative estimate of drug-likeness (QED) is 0.375. The van der Waals surface area contributed by atoms with Crippen LogP contribution in [0, 0.1) is 18.3 Å². The predicted octanol–water partition coefficient (Wildman–Crippen LogP) is 1.99. The van der Waals surface area contributed by atoms with E-state index in [1.807, 2.05) is 14.0 Å². The Morgan fingerprint density at radius 1 is 1.09 bits per heavy atom. The van der Waals surface area contributed by atoms with Crippen LogP contribution in [-0.4, -0.2) is 96.9 Å². The lowest BCUT2D eigenvalue weighted by atomic mass is 9.78. The molecular weight excluding hydrogens is 616 g/mol. The van der Waals surface area contributed by atoms with E-state index in [-0.39, 0.29) is 30.8 Å². The van der Waals surface area contributed by atoms with E-state index in [0.717, 1.165) is 11.1 Å². The fourth-order valence-corrected chi connectivity index (χ4v) is 9.85. The summed E-state index contributed by atoms with van der Waals surface area (Å²) >= 11 is 1.38. The summed E-state index contributed by atoms with van der Waals surface area (Å²) in [7, 11) is 3.42. The summed E-state index contributed by atoms with van der Waals surface area (Å²) in [4.78, 5) is 56.4. The van der Waals surface area contributed by atoms with Gasteiger partial charge in [-0.1, -0.05) is 0 Å². The number of piperazine rings is 1. The molecule has 242 valence electrons. The maximum absolute atomic E-state index is 14.2. The Morgan fingerprint density at radius 3 is 2.50 bits per heavy atom. The molecule has 0 spiro atoms. The molecule has 1 aromatic carbocycles. The smallest absolute Gasteiger partial charge is 0.329 e. The standard InChI is InChI=1S/C32H34N4O9S/c1-12-7-16-20(26(39)27(12)41-6)24-25-31-22-21(30-29(43-11-44-30)13(2)28(22)45-15(4)38)19(36(25)18(8-33)23(16)35(24)5)9-42-32(40)17(10-46-31)34-14(3)37/h17-19,23-25,31H,7,9-11H2,1-6H3,(H,34,37)/t17-,18-,19+,23-,24+,25?,31+/m0/s1. The number of ether oxygens (including phenoxy) is 5. The summed E-state index contributed by atoms with van der Waals surface area (Å²) < 4.78 is 29.4. The number of fused-ring (bicyclic) bond motifs is 9. The number of hydrogen-bond donors (Lipinski definition) is 1. The van der Waals surface area contributed by atoms with Crippen molar-refractivity contribution in [2.75, 3.05) is 33.3 Å². The van der Waals surface area contributed by atoms with Crippen LogP contribution >= 0.6 is 11.8 Å². The number of cyclic esters (lactones) is 1. The molecule has 46 heavy (non-hydrogen) atoms. The number of amides is 1. The Balaban J connectivity index is 1.51. The third kappa shape index (κ3) is 4.21. The topological polar surface area (TPSA) is 157 Å². The Bertz CT molecular complexity index is 1710. The number of esters is 2. The van der Waals surface area contributed by atoms with Crippen molar-refractivity contribution >= 4 is 35.4 Å². The molecule has 14 heteroatoms. The Kier molecular flexibility index (Phi) is 7.34. The second-order valence-corrected chi connectivity index (χ2v) is 13.6. The summed E-state index contributed by atoms with van der Waals surface area (Å²) in [5, 5.41) is 13.1. The van der Waals surface area contributed by atoms with Crippen LogP contribution in [-0.2, 0) is 28.7 Å². The molecule has 0 radical (unpaired) electrons. The molecule has 2 fully saturated rings. The van der Waals surface area contributed by atoms with Crippen LogP contribution in [0.3, 0.4) is 0 Å². The number of likely N-dealkylation sites (N-methyl/N-ethyl adjacent to an activating group) is 1. The molecule has 0 aromatic heterocycles. The fourth-order valence-electron chi connectivity index (χ4n) is 8.34. The van der Waals surface area contributed by atoms with Crippen LogP contribution in [0.5, 0.6) is 17.2 Å². The lowest BCUT2D eigenvalue weighted by molar-refractivity contribution is -0.151. The summed E-state index contributed by atoms with van der Waals surface area (Å²) in [5.74, 6) is -0.126. The van der Waals surface area contributed by atoms with Gasteiger partial charge in [0.2, 0.25) is 18.5 Å². The number of rotatable bonds is 3. The van der Waals surface area contributed by atoms with E-state index >= 15 is 0 Å². The van der Waals surface area contributed by atoms with Gasteiger partial charge in [-0.25, -0.2) is 4.79 Å². The summed E-state index contributed by atoms with van der Waals surface area (Å²) in [5.41, 5.74) is 4.14. The van der Waals surface area contributed by atoms with E-state index in [2.05, 4.69) is 21.2 Å². The monoisotopic (exact) mass is 650 g/mol. The molecule has 7 rings (SSSR count). The average Bonchev–Trinajstić information content (AvgIpc) is 3.56. The lowest BCUT2D eigenvalue weighted by Gasteiger charge is -2.57. The summed E-state index contributed by atoms with van der Waals surface area (Å²) in [6.07, 6.45) is 0.480. The van der Waals surface area contributed by atoms with Crippen LogP contribution in [0.15, 0.2) is 22.5 Å². The van der Waals surface area contributed by atoms with Gasteiger partial charge in [0.05, 0.1) is 36.6 Å². The largest absolute Gasteiger partial charge is 0.493 e. The van der Waals surface area contributed by atoms with Crippen molar-refractivity contribution in [1.29, 1.82) is 5.26 Å². The molecule has 13 nitrogen and oxygen atoms in total. The Hall–Kier alpha value is -4.06. The number of allylic oxidation sites excluding steroid dienone is 2. The molecule has 2 saturated heterocycles. The number of thioether (sulfide) groups is 1. The van der Waals surface area contributed by atoms with Crippen molar-refractivity contribution in [3.05, 3.63) is 39.2 Å². The van der Waals surface area contributed by atoms with Gasteiger partial charge in [0.25, 0.3) is 0 Å². The van der Waals surface area contributed by atoms with Gasteiger partial charge in [0.1, 0.15) is 24.4 Å². The van der Waals surface area contributed by atoms with E-state index < -0.39 is 53.4 Å². The molecule has 7 atom stereocenters. The third-order valence-electron chi connectivity index (χ3n) is 9.89. The second kappa shape index (κ2) is 11.0. The summed E-state index contributed by atoms with van der Waals surface area (Å²) in [6, 6.07) is -1.30. The highest BCUT2D eigenvalue weighted by Gasteiger charge is 2.64. The third-order valence-corrected chi connectivity index (χ3v) is 11.3. The van der Waals surface area contributed by atoms with Crippen molar-refractivity contribution in [3.63, 3.8) is 0 Å². The van der Waals surface area contributed by atoms with Crippen LogP contribution in [0.2, 0.25) is 0 Å². The lowest BCUT2D eigenvalue weighted by Crippen LogP contribution is -2.68. The first-order valence-electron chi connectivity index (χ1n) is 15.1. The van der Waals surface area contributed by atoms with Gasteiger partial charge >= 0.3 is 11.9 Å². The van der Waals surface area contributed by atoms with Crippen molar-refractivity contribution in [2.45, 2.75) is 75.6 Å². The van der Waals surface area contributed by atoms with Crippen molar-refractivity contribution in [2.24, 2.45) is 0 Å². The van der Waals surface area contributed by atoms with Crippen LogP contribution in [0.25, 0.3) is 0 Å². The van der Waals surface area contributed by atoms with Crippen molar-refractivity contribution in [1.82, 2.24) is 15.1 Å². The van der Waals surface area contributed by atoms with Gasteiger partial charge in [-0.2, -0.15) is 5.26 Å². The van der Waals surface area contributed by atoms with Gasteiger partial charge in [-0.15, -0.1) is 11.8 Å². The number of Topliss-reactive ketones (excluding diaryl/α,β-unsaturated/α-hetero) is 1. The molecule has 0 saturated carbocycles. The first-order chi connectivity index (χ1) is 22.0. The molecule has 1 unspecified atom stereocenters. The maximum Gasteiger partial charge on any atom is 0.329 e. The highest BCUT2D eigenvalue weighted by Crippen LogP contribution is 2.63. The number of methoxy groups -OCH3 is 1. The van der Waals surface area contributed by atoms with E-state index in [0.29, 0.717) is 51.7 Å². The number of benzene rings is 1. The van der Waals surface area contributed by atoms with Crippen molar-refractivity contribution in [3.8, 4) is 23.3 Å². The molecule has 4 bridgehead atoms. The van der Waals surface area contributed by atoms with Gasteiger partial charge in [0, 0.05) is 47.9 Å². The molecule has 1 N–H and O–H groups in total. The van der Waals surface area contributed by atoms with Crippen LogP contribution in [0.4, 0.5) is 0 Å². The molecular formula is C32H34N4O9S. The first-order valence-corrected chi connectivity index (χ1v) is 16.1. The Morgan fingerprint density at radius 2 is 1.83 bits per heavy atom. The number of carbonyl (C=O) groups is 4. The number of nitrogens with zero attached hydrogens (tertiary/aromatic N) is 3. The zero-order chi connectivity index (χ0) is 32.8. The van der Waals surface area contributed by atoms with E-state index in [1.54, 1.807) is 6.92 Å². The number of carbonyl (C=O) groups excluding carboxylic acids is 4. The average molecular weight is 651 g/mol. The molecule has 1 aliphatic carbocycles. The number of nitrogens with one attached hydrogen (secondary N) is 1. The fraction of sp³-hybridized carbons (Fsp3) is 0.531. The number of ketones is 1. The van der Waals surface area contributed by atoms with Gasteiger partial charge in [-0.3, -0.25) is 24.2 Å². The van der Waals surface area contributed by atoms with E-state index in [1.165, 1.54) is 32.7 Å². The van der Waals surface area contributed by atoms with Crippen molar-refractivity contribution < 1.29 is 42.9 Å². The molecule has 5 heterocycles. The zero-order valence-corrected chi connectivity index (χ0v) is 27.1. The maximum atomic E-state index is 14.2. The van der Waals surface area contributed by atoms with Crippen LogP contribution < -0.4 is 19.5 Å². The molecule has 1 aromatic rings. The highest BCUT2D eigenvalue weighted by atomic mass is 32.2. The first kappa shape index (κ1) is 30.6. The minimum atomic E-state index is -0.952. The van der Waals surface area contributed by atoms with Gasteiger partial charge in [-0.05, 0) is 38.5 Å². The highest BCUT2D eigenvalue weighted by molar-refractivity contribution is 7.99. The SMILES string of the molecule is COC1=C(C)CC2=C(C1=O)[C@@H]1C3[C@@H]4SC[C@H](NC(C)=O)C(=O)OC[C@H](c5c6c(c(C)c(OC(C)=O)c54)OCO6)N3[C@@H](C#N)[C@H]2N1C. The molecule has 5 aliphatic heterocycles. The number of hydrogen-bond acceptors (Lipinski definition) is 13. The van der Waals surface area contributed by atoms with Gasteiger partial charge < -0.3 is 29.0 Å². The minimum absolute atomic E-state index is 0.0603. The minimum Gasteiger partial charge on any atom is -0.493 e. The normalized spacial score (nSPS) is 31.5. The number of nitriles is 1. The molecule has 1 amide bonds. The van der Waals surface area contributed by atoms with Crippen LogP contribution in [0.1, 0.15) is 55.2 Å². The molecule has 6 aliphatic rings. The van der Waals surface area contributed by atoms with Gasteiger partial charge in [0.15, 0.2) is 17.3 Å². The predicted molar refractivity (Wildman–Crippen MR) is 162 cm³/mol. The second-order valence-electron chi connectivity index (χ2n) is 12.4. The van der Waals surface area contributed by atoms with E-state index in [9.17, 15) is 24.4 Å². The Labute approximate surface area is 269 Å². The summed E-state index contributed by atoms with van der Waals surface area (Å²) in [6.45, 7) is 6.07. The van der Waals surface area contributed by atoms with E-state index in [4.69, 9.17) is 23.7 Å².